The summed E-state index contributed by atoms with van der Waals surface area (Å²) in [6, 6.07) is 3.32. The Morgan fingerprint density at radius 2 is 1.96 bits per heavy atom. The molecule has 1 aliphatic rings. The molecular weight excluding hydrogens is 312 g/mol. The summed E-state index contributed by atoms with van der Waals surface area (Å²) in [7, 11) is 0. The second kappa shape index (κ2) is 8.01. The van der Waals surface area contributed by atoms with Crippen molar-refractivity contribution >= 4 is 23.0 Å². The number of likely N-dealkylation sites (tertiary alicyclic amines) is 1. The van der Waals surface area contributed by atoms with Crippen LogP contribution in [0, 0.1) is 0 Å². The fraction of sp³-hybridized carbons (Fsp3) is 0.529. The number of H-pyrrole nitrogens is 1. The summed E-state index contributed by atoms with van der Waals surface area (Å²) in [4.78, 5) is 28.7. The number of rotatable bonds is 7. The Kier molecular flexibility index (Phi) is 5.53. The van der Waals surface area contributed by atoms with Gasteiger partial charge in [0.1, 0.15) is 18.9 Å². The molecule has 7 nitrogen and oxygen atoms in total. The first-order valence-corrected chi connectivity index (χ1v) is 8.34. The Balaban J connectivity index is 1.30. The van der Waals surface area contributed by atoms with E-state index < -0.39 is 5.97 Å². The first-order chi connectivity index (χ1) is 11.7. The number of piperidine rings is 1. The summed E-state index contributed by atoms with van der Waals surface area (Å²) < 4.78 is 15.3. The van der Waals surface area contributed by atoms with Crippen molar-refractivity contribution in [1.29, 1.82) is 0 Å². The number of esters is 2. The molecule has 2 aromatic heterocycles. The van der Waals surface area contributed by atoms with Crippen molar-refractivity contribution in [3.63, 3.8) is 0 Å². The molecule has 2 aromatic rings. The second-order valence-electron chi connectivity index (χ2n) is 5.89. The molecule has 3 rings (SSSR count). The zero-order valence-corrected chi connectivity index (χ0v) is 13.6. The van der Waals surface area contributed by atoms with Crippen LogP contribution in [-0.2, 0) is 14.3 Å². The first-order valence-electron chi connectivity index (χ1n) is 8.34. The minimum Gasteiger partial charge on any atom is -0.463 e. The number of hydrogen-bond donors (Lipinski definition) is 1. The van der Waals surface area contributed by atoms with Crippen molar-refractivity contribution in [1.82, 2.24) is 9.88 Å². The molecule has 130 valence electrons. The molecule has 24 heavy (non-hydrogen) atoms. The number of furan rings is 1. The lowest BCUT2D eigenvalue weighted by molar-refractivity contribution is -0.145. The zero-order chi connectivity index (χ0) is 16.8. The monoisotopic (exact) mass is 334 g/mol. The van der Waals surface area contributed by atoms with Gasteiger partial charge in [0.2, 0.25) is 0 Å². The topological polar surface area (TPSA) is 84.8 Å². The third-order valence-electron chi connectivity index (χ3n) is 4.12. The summed E-state index contributed by atoms with van der Waals surface area (Å²) in [6.45, 7) is 2.96. The summed E-state index contributed by atoms with van der Waals surface area (Å²) in [5, 5.41) is 0. The lowest BCUT2D eigenvalue weighted by Gasteiger charge is -2.25. The number of ether oxygens (including phenoxy) is 2. The SMILES string of the molecule is O=C(CCN1CCCCC1)OCCOC(=O)c1cc2occc2[nH]1. The molecule has 0 unspecified atom stereocenters. The summed E-state index contributed by atoms with van der Waals surface area (Å²) >= 11 is 0. The maximum absolute atomic E-state index is 11.8. The molecule has 0 aliphatic carbocycles. The Hall–Kier alpha value is -2.28. The van der Waals surface area contributed by atoms with E-state index in [4.69, 9.17) is 13.9 Å². The van der Waals surface area contributed by atoms with Crippen molar-refractivity contribution in [2.75, 3.05) is 32.8 Å². The molecular formula is C17H22N2O5. The number of aromatic nitrogens is 1. The fourth-order valence-electron chi connectivity index (χ4n) is 2.83. The molecule has 0 saturated carbocycles. The van der Waals surface area contributed by atoms with E-state index in [1.54, 1.807) is 18.4 Å². The van der Waals surface area contributed by atoms with Crippen LogP contribution in [0.15, 0.2) is 22.8 Å². The average molecular weight is 334 g/mol. The second-order valence-corrected chi connectivity index (χ2v) is 5.89. The highest BCUT2D eigenvalue weighted by molar-refractivity contribution is 5.93. The fourth-order valence-corrected chi connectivity index (χ4v) is 2.83. The van der Waals surface area contributed by atoms with Gasteiger partial charge in [-0.3, -0.25) is 4.79 Å². The van der Waals surface area contributed by atoms with Gasteiger partial charge in [-0.25, -0.2) is 4.79 Å². The van der Waals surface area contributed by atoms with E-state index in [1.165, 1.54) is 19.3 Å². The van der Waals surface area contributed by atoms with Crippen LogP contribution in [0.2, 0.25) is 0 Å². The van der Waals surface area contributed by atoms with E-state index in [0.717, 1.165) is 25.2 Å². The largest absolute Gasteiger partial charge is 0.463 e. The van der Waals surface area contributed by atoms with Crippen molar-refractivity contribution in [2.24, 2.45) is 0 Å². The maximum Gasteiger partial charge on any atom is 0.355 e. The van der Waals surface area contributed by atoms with E-state index >= 15 is 0 Å². The van der Waals surface area contributed by atoms with Gasteiger partial charge in [0.25, 0.3) is 0 Å². The predicted molar refractivity (Wildman–Crippen MR) is 86.7 cm³/mol. The van der Waals surface area contributed by atoms with Crippen LogP contribution in [0.25, 0.3) is 11.1 Å². The van der Waals surface area contributed by atoms with Crippen molar-refractivity contribution in [2.45, 2.75) is 25.7 Å². The van der Waals surface area contributed by atoms with Crippen LogP contribution < -0.4 is 0 Å². The molecule has 0 amide bonds. The van der Waals surface area contributed by atoms with Gasteiger partial charge in [-0.05, 0) is 25.9 Å². The molecule has 1 aliphatic heterocycles. The normalized spacial score (nSPS) is 15.5. The van der Waals surface area contributed by atoms with E-state index in [-0.39, 0.29) is 19.2 Å². The molecule has 1 N–H and O–H groups in total. The van der Waals surface area contributed by atoms with Gasteiger partial charge in [0.15, 0.2) is 5.58 Å². The molecule has 0 spiro atoms. The molecule has 1 saturated heterocycles. The highest BCUT2D eigenvalue weighted by atomic mass is 16.6. The number of fused-ring (bicyclic) bond motifs is 1. The molecule has 0 atom stereocenters. The van der Waals surface area contributed by atoms with Gasteiger partial charge in [0, 0.05) is 18.7 Å². The Labute approximate surface area is 139 Å². The number of nitrogens with zero attached hydrogens (tertiary/aromatic N) is 1. The maximum atomic E-state index is 11.8. The van der Waals surface area contributed by atoms with Crippen molar-refractivity contribution in [3.8, 4) is 0 Å². The lowest BCUT2D eigenvalue weighted by atomic mass is 10.1. The minimum atomic E-state index is -0.495. The number of carbonyl (C=O) groups is 2. The smallest absolute Gasteiger partial charge is 0.355 e. The molecule has 7 heteroatoms. The van der Waals surface area contributed by atoms with Crippen LogP contribution in [0.3, 0.4) is 0 Å². The van der Waals surface area contributed by atoms with E-state index in [9.17, 15) is 9.59 Å². The quantitative estimate of drug-likeness (QED) is 0.618. The number of nitrogens with one attached hydrogen (secondary N) is 1. The Morgan fingerprint density at radius 3 is 2.75 bits per heavy atom. The molecule has 0 radical (unpaired) electrons. The molecule has 0 aromatic carbocycles. The standard InChI is InChI=1S/C17H22N2O5/c20-16(4-8-19-6-2-1-3-7-19)23-10-11-24-17(21)14-12-15-13(18-14)5-9-22-15/h5,9,12,18H,1-4,6-8,10-11H2. The zero-order valence-electron chi connectivity index (χ0n) is 13.6. The van der Waals surface area contributed by atoms with Crippen molar-refractivity contribution < 1.29 is 23.5 Å². The van der Waals surface area contributed by atoms with Gasteiger partial charge in [-0.1, -0.05) is 6.42 Å². The number of hydrogen-bond acceptors (Lipinski definition) is 6. The van der Waals surface area contributed by atoms with Gasteiger partial charge in [-0.2, -0.15) is 0 Å². The number of carbonyl (C=O) groups excluding carboxylic acids is 2. The highest BCUT2D eigenvalue weighted by Gasteiger charge is 2.14. The van der Waals surface area contributed by atoms with Gasteiger partial charge in [0.05, 0.1) is 18.2 Å². The van der Waals surface area contributed by atoms with Crippen LogP contribution in [0.4, 0.5) is 0 Å². The first kappa shape index (κ1) is 16.6. The average Bonchev–Trinajstić information content (AvgIpc) is 3.19. The van der Waals surface area contributed by atoms with E-state index in [0.29, 0.717) is 17.7 Å². The van der Waals surface area contributed by atoms with Crippen LogP contribution in [0.5, 0.6) is 0 Å². The van der Waals surface area contributed by atoms with Crippen LogP contribution >= 0.6 is 0 Å². The lowest BCUT2D eigenvalue weighted by Crippen LogP contribution is -2.32. The van der Waals surface area contributed by atoms with Crippen molar-refractivity contribution in [3.05, 3.63) is 24.1 Å². The highest BCUT2D eigenvalue weighted by Crippen LogP contribution is 2.16. The number of aromatic amines is 1. The summed E-state index contributed by atoms with van der Waals surface area (Å²) in [5.41, 5.74) is 1.66. The van der Waals surface area contributed by atoms with Gasteiger partial charge < -0.3 is 23.8 Å². The Bertz CT molecular complexity index is 656. The molecule has 0 bridgehead atoms. The minimum absolute atomic E-state index is 0.0364. The third kappa shape index (κ3) is 4.38. The predicted octanol–water partition coefficient (Wildman–Crippen LogP) is 2.34. The van der Waals surface area contributed by atoms with Gasteiger partial charge >= 0.3 is 11.9 Å². The Morgan fingerprint density at radius 1 is 1.17 bits per heavy atom. The van der Waals surface area contributed by atoms with E-state index in [1.807, 2.05) is 0 Å². The summed E-state index contributed by atoms with van der Waals surface area (Å²) in [6.07, 6.45) is 5.60. The van der Waals surface area contributed by atoms with Gasteiger partial charge in [-0.15, -0.1) is 0 Å². The third-order valence-corrected chi connectivity index (χ3v) is 4.12. The van der Waals surface area contributed by atoms with E-state index in [2.05, 4.69) is 9.88 Å². The summed E-state index contributed by atoms with van der Waals surface area (Å²) in [5.74, 6) is -0.750. The molecule has 1 fully saturated rings. The van der Waals surface area contributed by atoms with Crippen LogP contribution in [-0.4, -0.2) is 54.7 Å². The molecule has 3 heterocycles. The van der Waals surface area contributed by atoms with Crippen LogP contribution in [0.1, 0.15) is 36.2 Å².